The zero-order chi connectivity index (χ0) is 21.2. The van der Waals surface area contributed by atoms with Crippen molar-refractivity contribution in [3.8, 4) is 11.8 Å². The molecule has 3 N–H and O–H groups in total. The molecule has 0 aliphatic heterocycles. The molecule has 0 saturated heterocycles. The lowest BCUT2D eigenvalue weighted by molar-refractivity contribution is 0.190. The summed E-state index contributed by atoms with van der Waals surface area (Å²) in [5.74, 6) is 0.872. The maximum atomic E-state index is 9.44. The van der Waals surface area contributed by atoms with Gasteiger partial charge < -0.3 is 15.6 Å². The normalized spacial score (nSPS) is 15.2. The summed E-state index contributed by atoms with van der Waals surface area (Å²) >= 11 is 1.69. The average molecular weight is 421 g/mol. The van der Waals surface area contributed by atoms with Gasteiger partial charge in [0, 0.05) is 9.79 Å². The van der Waals surface area contributed by atoms with E-state index >= 15 is 0 Å². The lowest BCUT2D eigenvalue weighted by atomic mass is 9.90. The molecule has 2 aromatic carbocycles. The summed E-state index contributed by atoms with van der Waals surface area (Å²) in [5, 5.41) is 18.3. The molecule has 0 spiro atoms. The number of nitrogens with zero attached hydrogens (tertiary/aromatic N) is 1. The highest BCUT2D eigenvalue weighted by Gasteiger charge is 2.23. The quantitative estimate of drug-likeness (QED) is 0.564. The molecule has 0 heterocycles. The van der Waals surface area contributed by atoms with Crippen LogP contribution in [0.1, 0.15) is 31.2 Å². The first-order valence-electron chi connectivity index (χ1n) is 10.2. The van der Waals surface area contributed by atoms with Gasteiger partial charge in [-0.15, -0.1) is 0 Å². The number of ether oxygens (including phenoxy) is 1. The number of hydrogen-bond acceptors (Lipinski definition) is 5. The van der Waals surface area contributed by atoms with Crippen molar-refractivity contribution in [3.05, 3.63) is 77.9 Å². The molecule has 3 rings (SSSR count). The van der Waals surface area contributed by atoms with E-state index in [4.69, 9.17) is 15.7 Å². The Labute approximate surface area is 183 Å². The van der Waals surface area contributed by atoms with Gasteiger partial charge in [-0.05, 0) is 67.2 Å². The monoisotopic (exact) mass is 420 g/mol. The van der Waals surface area contributed by atoms with Gasteiger partial charge in [-0.2, -0.15) is 5.26 Å². The third kappa shape index (κ3) is 6.77. The molecule has 0 amide bonds. The van der Waals surface area contributed by atoms with Gasteiger partial charge in [0.05, 0.1) is 24.6 Å². The van der Waals surface area contributed by atoms with Crippen LogP contribution < -0.4 is 10.5 Å². The number of aliphatic hydroxyl groups excluding tert-OH is 1. The van der Waals surface area contributed by atoms with E-state index in [-0.39, 0.29) is 13.0 Å². The van der Waals surface area contributed by atoms with Crippen LogP contribution in [0.4, 0.5) is 0 Å². The molecule has 1 unspecified atom stereocenters. The van der Waals surface area contributed by atoms with Crippen molar-refractivity contribution in [3.63, 3.8) is 0 Å². The molecule has 5 heteroatoms. The van der Waals surface area contributed by atoms with E-state index in [1.165, 1.54) is 5.57 Å². The largest absolute Gasteiger partial charge is 0.489 e. The van der Waals surface area contributed by atoms with Crippen LogP contribution in [0.3, 0.4) is 0 Å². The van der Waals surface area contributed by atoms with Crippen LogP contribution in [-0.2, 0) is 6.42 Å². The van der Waals surface area contributed by atoms with Crippen molar-refractivity contribution < 1.29 is 9.84 Å². The number of hydrogen-bond donors (Lipinski definition) is 2. The molecular weight excluding hydrogens is 392 g/mol. The summed E-state index contributed by atoms with van der Waals surface area (Å²) in [5.41, 5.74) is 7.63. The van der Waals surface area contributed by atoms with Crippen molar-refractivity contribution in [2.24, 2.45) is 5.73 Å². The van der Waals surface area contributed by atoms with E-state index in [2.05, 4.69) is 60.7 Å². The SMILES string of the molecule is N#CCC(N)(CO)CCc1ccc(Sc2cccc(OCC3=CCCC=C3)c2)cc1. The fraction of sp³-hybridized carbons (Fsp3) is 0.320. The van der Waals surface area contributed by atoms with E-state index in [0.29, 0.717) is 13.0 Å². The number of aliphatic hydroxyl groups is 1. The molecule has 4 nitrogen and oxygen atoms in total. The highest BCUT2D eigenvalue weighted by atomic mass is 32.2. The van der Waals surface area contributed by atoms with Crippen LogP contribution in [0.2, 0.25) is 0 Å². The molecule has 2 aromatic rings. The minimum atomic E-state index is -0.827. The number of nitrogens with two attached hydrogens (primary N) is 1. The summed E-state index contributed by atoms with van der Waals surface area (Å²) < 4.78 is 5.95. The van der Waals surface area contributed by atoms with Crippen molar-refractivity contribution in [1.29, 1.82) is 5.26 Å². The van der Waals surface area contributed by atoms with Gasteiger partial charge in [0.25, 0.3) is 0 Å². The minimum absolute atomic E-state index is 0.156. The maximum absolute atomic E-state index is 9.44. The van der Waals surface area contributed by atoms with Crippen LogP contribution in [0.25, 0.3) is 0 Å². The Morgan fingerprint density at radius 3 is 2.67 bits per heavy atom. The number of rotatable bonds is 10. The van der Waals surface area contributed by atoms with E-state index in [1.54, 1.807) is 11.8 Å². The van der Waals surface area contributed by atoms with Crippen molar-refractivity contribution >= 4 is 11.8 Å². The van der Waals surface area contributed by atoms with Gasteiger partial charge >= 0.3 is 0 Å². The van der Waals surface area contributed by atoms with E-state index < -0.39 is 5.54 Å². The standard InChI is InChI=1S/C25H28N2O2S/c26-16-15-25(27,19-28)14-13-20-9-11-23(12-10-20)30-24-8-4-7-22(17-24)29-18-21-5-2-1-3-6-21/h2,4-12,17,28H,1,3,13-15,18-19,27H2. The fourth-order valence-electron chi connectivity index (χ4n) is 3.20. The van der Waals surface area contributed by atoms with Gasteiger partial charge in [-0.1, -0.05) is 48.2 Å². The zero-order valence-electron chi connectivity index (χ0n) is 17.1. The second-order valence-corrected chi connectivity index (χ2v) is 8.77. The van der Waals surface area contributed by atoms with Crippen LogP contribution in [-0.4, -0.2) is 23.9 Å². The predicted molar refractivity (Wildman–Crippen MR) is 122 cm³/mol. The second kappa shape index (κ2) is 11.0. The van der Waals surface area contributed by atoms with Gasteiger partial charge in [0.2, 0.25) is 0 Å². The van der Waals surface area contributed by atoms with E-state index in [1.807, 2.05) is 12.1 Å². The summed E-state index contributed by atoms with van der Waals surface area (Å²) in [7, 11) is 0. The lowest BCUT2D eigenvalue weighted by Gasteiger charge is -2.24. The summed E-state index contributed by atoms with van der Waals surface area (Å²) in [6.07, 6.45) is 10.2. The predicted octanol–water partition coefficient (Wildman–Crippen LogP) is 5.03. The van der Waals surface area contributed by atoms with Gasteiger partial charge in [-0.25, -0.2) is 0 Å². The molecule has 156 valence electrons. The highest BCUT2D eigenvalue weighted by molar-refractivity contribution is 7.99. The Morgan fingerprint density at radius 2 is 1.97 bits per heavy atom. The van der Waals surface area contributed by atoms with Crippen LogP contribution in [0, 0.1) is 11.3 Å². The lowest BCUT2D eigenvalue weighted by Crippen LogP contribution is -2.43. The summed E-state index contributed by atoms with van der Waals surface area (Å²) in [4.78, 5) is 2.27. The first-order chi connectivity index (χ1) is 14.6. The maximum Gasteiger partial charge on any atom is 0.120 e. The molecule has 0 radical (unpaired) electrons. The third-order valence-electron chi connectivity index (χ3n) is 5.10. The smallest absolute Gasteiger partial charge is 0.120 e. The number of allylic oxidation sites excluding steroid dienone is 2. The Bertz CT molecular complexity index is 931. The fourth-order valence-corrected chi connectivity index (χ4v) is 4.07. The van der Waals surface area contributed by atoms with Crippen molar-refractivity contribution in [1.82, 2.24) is 0 Å². The van der Waals surface area contributed by atoms with Gasteiger partial charge in [0.15, 0.2) is 0 Å². The number of benzene rings is 2. The second-order valence-electron chi connectivity index (χ2n) is 7.62. The zero-order valence-corrected chi connectivity index (χ0v) is 17.9. The summed E-state index contributed by atoms with van der Waals surface area (Å²) in [6.45, 7) is 0.419. The molecule has 30 heavy (non-hydrogen) atoms. The average Bonchev–Trinajstić information content (AvgIpc) is 2.78. The van der Waals surface area contributed by atoms with Crippen LogP contribution in [0.15, 0.2) is 82.1 Å². The van der Waals surface area contributed by atoms with E-state index in [9.17, 15) is 5.11 Å². The summed E-state index contributed by atoms with van der Waals surface area (Å²) in [6, 6.07) is 18.5. The molecular formula is C25H28N2O2S. The van der Waals surface area contributed by atoms with Crippen molar-refractivity contribution in [2.75, 3.05) is 13.2 Å². The Hall–Kier alpha value is -2.52. The first-order valence-corrected chi connectivity index (χ1v) is 11.0. The van der Waals surface area contributed by atoms with Gasteiger partial charge in [-0.3, -0.25) is 0 Å². The van der Waals surface area contributed by atoms with E-state index in [0.717, 1.165) is 40.4 Å². The van der Waals surface area contributed by atoms with Crippen LogP contribution in [0.5, 0.6) is 5.75 Å². The number of nitriles is 1. The molecule has 1 aliphatic carbocycles. The van der Waals surface area contributed by atoms with Gasteiger partial charge in [0.1, 0.15) is 12.4 Å². The number of aryl methyl sites for hydroxylation is 1. The Kier molecular flexibility index (Phi) is 8.15. The molecule has 0 bridgehead atoms. The topological polar surface area (TPSA) is 79.3 Å². The Balaban J connectivity index is 1.54. The molecule has 0 fully saturated rings. The van der Waals surface area contributed by atoms with Crippen LogP contribution >= 0.6 is 11.8 Å². The molecule has 0 aromatic heterocycles. The molecule has 1 atom stereocenters. The molecule has 0 saturated carbocycles. The van der Waals surface area contributed by atoms with Crippen molar-refractivity contribution in [2.45, 2.75) is 47.4 Å². The Morgan fingerprint density at radius 1 is 1.13 bits per heavy atom. The minimum Gasteiger partial charge on any atom is -0.489 e. The third-order valence-corrected chi connectivity index (χ3v) is 6.10. The highest BCUT2D eigenvalue weighted by Crippen LogP contribution is 2.30. The first kappa shape index (κ1) is 22.2. The molecule has 1 aliphatic rings.